The molecule has 40 heavy (non-hydrogen) atoms. The van der Waals surface area contributed by atoms with Crippen molar-refractivity contribution in [2.75, 3.05) is 24.7 Å². The summed E-state index contributed by atoms with van der Waals surface area (Å²) < 4.78 is 9.14. The fourth-order valence-electron chi connectivity index (χ4n) is 5.50. The Balaban J connectivity index is 1.32. The molecule has 0 radical (unpaired) electrons. The van der Waals surface area contributed by atoms with Gasteiger partial charge in [-0.25, -0.2) is 24.0 Å². The molecule has 1 aliphatic heterocycles. The van der Waals surface area contributed by atoms with Crippen molar-refractivity contribution in [1.82, 2.24) is 29.2 Å². The molecule has 1 aliphatic rings. The van der Waals surface area contributed by atoms with Gasteiger partial charge in [0.15, 0.2) is 5.82 Å². The number of hydrogen-bond acceptors (Lipinski definition) is 7. The first-order chi connectivity index (χ1) is 19.2. The first-order valence-corrected chi connectivity index (χ1v) is 13.6. The van der Waals surface area contributed by atoms with E-state index in [1.165, 1.54) is 6.33 Å². The van der Waals surface area contributed by atoms with Crippen molar-refractivity contribution in [3.8, 4) is 11.1 Å². The van der Waals surface area contributed by atoms with E-state index in [1.54, 1.807) is 9.58 Å². The van der Waals surface area contributed by atoms with Crippen LogP contribution in [0.1, 0.15) is 56.6 Å². The Bertz CT molecular complexity index is 1690. The second kappa shape index (κ2) is 9.86. The Morgan fingerprint density at radius 1 is 1.07 bits per heavy atom. The molecule has 0 bridgehead atoms. The number of benzene rings is 2. The molecule has 1 amide bonds. The largest absolute Gasteiger partial charge is 0.444 e. The van der Waals surface area contributed by atoms with Gasteiger partial charge in [-0.1, -0.05) is 36.4 Å². The summed E-state index contributed by atoms with van der Waals surface area (Å²) in [5, 5.41) is 4.57. The van der Waals surface area contributed by atoms with E-state index >= 15 is 0 Å². The predicted molar refractivity (Wildman–Crippen MR) is 155 cm³/mol. The molecule has 1 saturated heterocycles. The average Bonchev–Trinajstić information content (AvgIpc) is 3.47. The van der Waals surface area contributed by atoms with Crippen molar-refractivity contribution in [2.45, 2.75) is 51.6 Å². The third kappa shape index (κ3) is 4.81. The maximum absolute atomic E-state index is 12.6. The lowest BCUT2D eigenvalue weighted by Crippen LogP contribution is -2.41. The molecule has 6 rings (SSSR count). The molecule has 3 aromatic heterocycles. The quantitative estimate of drug-likeness (QED) is 0.316. The molecule has 206 valence electrons. The molecule has 2 aromatic carbocycles. The minimum absolute atomic E-state index is 0.204. The van der Waals surface area contributed by atoms with Crippen LogP contribution in [0.2, 0.25) is 0 Å². The van der Waals surface area contributed by atoms with E-state index in [2.05, 4.69) is 28.3 Å². The molecule has 10 heteroatoms. The number of nitrogens with two attached hydrogens (primary N) is 2. The summed E-state index contributed by atoms with van der Waals surface area (Å²) in [5.41, 5.74) is 12.4. The smallest absolute Gasteiger partial charge is 0.410 e. The number of amides is 1. The molecule has 4 heterocycles. The maximum atomic E-state index is 12.6. The van der Waals surface area contributed by atoms with Gasteiger partial charge in [-0.3, -0.25) is 0 Å². The lowest BCUT2D eigenvalue weighted by Gasteiger charge is -2.33. The van der Waals surface area contributed by atoms with Crippen LogP contribution >= 0.6 is 0 Å². The molecule has 10 nitrogen and oxygen atoms in total. The van der Waals surface area contributed by atoms with Gasteiger partial charge in [0.1, 0.15) is 23.3 Å². The zero-order chi connectivity index (χ0) is 28.0. The number of ether oxygens (including phenoxy) is 1. The molecule has 0 unspecified atom stereocenters. The number of carbonyl (C=O) groups excluding carboxylic acids is 1. The minimum atomic E-state index is -0.517. The highest BCUT2D eigenvalue weighted by atomic mass is 16.6. The lowest BCUT2D eigenvalue weighted by molar-refractivity contribution is 0.0203. The Kier molecular flexibility index (Phi) is 6.32. The summed E-state index contributed by atoms with van der Waals surface area (Å²) in [7, 11) is 0. The monoisotopic (exact) mass is 538 g/mol. The van der Waals surface area contributed by atoms with Crippen molar-refractivity contribution in [3.05, 3.63) is 78.0 Å². The van der Waals surface area contributed by atoms with Gasteiger partial charge >= 0.3 is 6.09 Å². The average molecular weight is 539 g/mol. The Labute approximate surface area is 232 Å². The number of piperidine rings is 1. The van der Waals surface area contributed by atoms with Gasteiger partial charge in [0.25, 0.3) is 0 Å². The molecular weight excluding hydrogens is 504 g/mol. The van der Waals surface area contributed by atoms with Crippen molar-refractivity contribution < 1.29 is 9.53 Å². The summed E-state index contributed by atoms with van der Waals surface area (Å²) in [6.07, 6.45) is 3.46. The van der Waals surface area contributed by atoms with Crippen LogP contribution in [-0.2, 0) is 11.2 Å². The number of carbonyl (C=O) groups is 1. The van der Waals surface area contributed by atoms with Crippen molar-refractivity contribution in [2.24, 2.45) is 0 Å². The van der Waals surface area contributed by atoms with E-state index in [4.69, 9.17) is 21.3 Å². The van der Waals surface area contributed by atoms with Crippen LogP contribution in [-0.4, -0.2) is 53.9 Å². The van der Waals surface area contributed by atoms with Crippen LogP contribution in [0, 0.1) is 0 Å². The van der Waals surface area contributed by atoms with E-state index in [9.17, 15) is 4.79 Å². The highest BCUT2D eigenvalue weighted by Crippen LogP contribution is 2.37. The van der Waals surface area contributed by atoms with Crippen molar-refractivity contribution in [3.63, 3.8) is 0 Å². The Morgan fingerprint density at radius 3 is 2.55 bits per heavy atom. The Hall–Kier alpha value is -4.60. The van der Waals surface area contributed by atoms with E-state index in [0.29, 0.717) is 25.3 Å². The SMILES string of the molecule is CC(C)(C)OC(=O)N1CCC(c2cc(-c3ccc4nc(Cc5ccccc5)n(N)c4c3)c3c(N)ncnn23)CC1. The number of aromatic nitrogens is 5. The zero-order valence-corrected chi connectivity index (χ0v) is 23.0. The molecule has 0 spiro atoms. The number of hydrogen-bond donors (Lipinski definition) is 2. The van der Waals surface area contributed by atoms with Crippen LogP contribution in [0.3, 0.4) is 0 Å². The molecule has 0 saturated carbocycles. The zero-order valence-electron chi connectivity index (χ0n) is 23.0. The summed E-state index contributed by atoms with van der Waals surface area (Å²) in [6, 6.07) is 18.4. The fourth-order valence-corrected chi connectivity index (χ4v) is 5.50. The van der Waals surface area contributed by atoms with Gasteiger partial charge in [0, 0.05) is 36.7 Å². The van der Waals surface area contributed by atoms with Gasteiger partial charge < -0.3 is 21.2 Å². The second-order valence-electron chi connectivity index (χ2n) is 11.4. The minimum Gasteiger partial charge on any atom is -0.444 e. The van der Waals surface area contributed by atoms with Gasteiger partial charge in [0.05, 0.1) is 11.0 Å². The normalized spacial score (nSPS) is 14.7. The van der Waals surface area contributed by atoms with Gasteiger partial charge in [-0.05, 0) is 62.9 Å². The second-order valence-corrected chi connectivity index (χ2v) is 11.4. The maximum Gasteiger partial charge on any atom is 0.410 e. The number of fused-ring (bicyclic) bond motifs is 2. The Morgan fingerprint density at radius 2 is 1.82 bits per heavy atom. The van der Waals surface area contributed by atoms with Crippen LogP contribution in [0.15, 0.2) is 60.9 Å². The number of nitrogen functional groups attached to an aromatic ring is 2. The molecule has 1 fully saturated rings. The van der Waals surface area contributed by atoms with Crippen LogP contribution in [0.25, 0.3) is 27.7 Å². The number of imidazole rings is 1. The molecule has 0 atom stereocenters. The first kappa shape index (κ1) is 25.7. The van der Waals surface area contributed by atoms with Crippen molar-refractivity contribution >= 4 is 28.5 Å². The van der Waals surface area contributed by atoms with Crippen LogP contribution < -0.4 is 11.6 Å². The third-order valence-electron chi connectivity index (χ3n) is 7.45. The van der Waals surface area contributed by atoms with Crippen LogP contribution in [0.5, 0.6) is 0 Å². The van der Waals surface area contributed by atoms with E-state index < -0.39 is 5.60 Å². The number of likely N-dealkylation sites (tertiary alicyclic amines) is 1. The number of nitrogens with zero attached hydrogens (tertiary/aromatic N) is 6. The number of rotatable bonds is 4. The van der Waals surface area contributed by atoms with E-state index in [0.717, 1.165) is 57.6 Å². The molecular formula is C30H34N8O2. The standard InChI is InChI=1S/C30H34N8O2/c1-30(2,3)40-29(39)36-13-11-20(12-14-36)24-17-22(27-28(31)33-18-34-38(24)27)21-9-10-23-25(16-21)37(32)26(35-23)15-19-7-5-4-6-8-19/h4-10,16-18,20H,11-15,32H2,1-3H3,(H2,31,33,34). The molecule has 5 aromatic rings. The summed E-state index contributed by atoms with van der Waals surface area (Å²) >= 11 is 0. The lowest BCUT2D eigenvalue weighted by atomic mass is 9.93. The summed E-state index contributed by atoms with van der Waals surface area (Å²) in [4.78, 5) is 23.4. The van der Waals surface area contributed by atoms with E-state index in [1.807, 2.05) is 61.7 Å². The number of anilines is 1. The third-order valence-corrected chi connectivity index (χ3v) is 7.45. The van der Waals surface area contributed by atoms with Gasteiger partial charge in [-0.2, -0.15) is 5.10 Å². The highest BCUT2D eigenvalue weighted by Gasteiger charge is 2.30. The first-order valence-electron chi connectivity index (χ1n) is 13.6. The van der Waals surface area contributed by atoms with Gasteiger partial charge in [0.2, 0.25) is 0 Å². The molecule has 0 aliphatic carbocycles. The highest BCUT2D eigenvalue weighted by molar-refractivity contribution is 5.92. The molecule has 4 N–H and O–H groups in total. The predicted octanol–water partition coefficient (Wildman–Crippen LogP) is 4.75. The van der Waals surface area contributed by atoms with Gasteiger partial charge in [-0.15, -0.1) is 0 Å². The van der Waals surface area contributed by atoms with Crippen molar-refractivity contribution in [1.29, 1.82) is 0 Å². The fraction of sp³-hybridized carbons (Fsp3) is 0.333. The topological polar surface area (TPSA) is 130 Å². The van der Waals surface area contributed by atoms with E-state index in [-0.39, 0.29) is 12.0 Å². The summed E-state index contributed by atoms with van der Waals surface area (Å²) in [5.74, 6) is 7.94. The van der Waals surface area contributed by atoms with Crippen LogP contribution in [0.4, 0.5) is 10.6 Å². The summed E-state index contributed by atoms with van der Waals surface area (Å²) in [6.45, 7) is 6.88.